The quantitative estimate of drug-likeness (QED) is 0.621. The van der Waals surface area contributed by atoms with Gasteiger partial charge in [-0.1, -0.05) is 0 Å². The number of nitro benzene ring substituents is 1. The molecular formula is C14H13F3N4O3. The summed E-state index contributed by atoms with van der Waals surface area (Å²) in [5.74, 6) is -1.83. The van der Waals surface area contributed by atoms with Crippen LogP contribution < -0.4 is 0 Å². The number of hydrogen-bond acceptors (Lipinski definition) is 4. The zero-order valence-electron chi connectivity index (χ0n) is 12.4. The second-order valence-corrected chi connectivity index (χ2v) is 5.60. The number of nitro groups is 1. The van der Waals surface area contributed by atoms with Gasteiger partial charge in [-0.2, -0.15) is 13.2 Å². The van der Waals surface area contributed by atoms with E-state index in [4.69, 9.17) is 0 Å². The SMILES string of the molecule is O=C(N1CCC(n2cnc3ccc([N+](=O)[O-])cc32)CC1)C(F)(F)F. The van der Waals surface area contributed by atoms with Crippen LogP contribution >= 0.6 is 0 Å². The Morgan fingerprint density at radius 3 is 2.54 bits per heavy atom. The molecule has 1 aromatic heterocycles. The number of amides is 1. The summed E-state index contributed by atoms with van der Waals surface area (Å²) in [7, 11) is 0. The third-order valence-electron chi connectivity index (χ3n) is 4.16. The van der Waals surface area contributed by atoms with E-state index in [2.05, 4.69) is 4.98 Å². The molecule has 1 fully saturated rings. The lowest BCUT2D eigenvalue weighted by Gasteiger charge is -2.33. The number of nitrogens with zero attached hydrogens (tertiary/aromatic N) is 4. The second-order valence-electron chi connectivity index (χ2n) is 5.60. The zero-order chi connectivity index (χ0) is 17.5. The molecule has 0 spiro atoms. The van der Waals surface area contributed by atoms with Gasteiger partial charge in [0.25, 0.3) is 5.69 Å². The zero-order valence-corrected chi connectivity index (χ0v) is 12.4. The molecule has 0 atom stereocenters. The van der Waals surface area contributed by atoms with Gasteiger partial charge in [-0.25, -0.2) is 4.98 Å². The Morgan fingerprint density at radius 1 is 1.29 bits per heavy atom. The maximum atomic E-state index is 12.5. The highest BCUT2D eigenvalue weighted by molar-refractivity contribution is 5.82. The van der Waals surface area contributed by atoms with E-state index in [-0.39, 0.29) is 24.8 Å². The monoisotopic (exact) mass is 342 g/mol. The number of benzene rings is 1. The van der Waals surface area contributed by atoms with E-state index in [1.807, 2.05) is 0 Å². The van der Waals surface area contributed by atoms with Gasteiger partial charge >= 0.3 is 12.1 Å². The first-order valence-electron chi connectivity index (χ1n) is 7.24. The van der Waals surface area contributed by atoms with Crippen LogP contribution in [0.1, 0.15) is 18.9 Å². The van der Waals surface area contributed by atoms with Crippen LogP contribution in [-0.2, 0) is 4.79 Å². The van der Waals surface area contributed by atoms with Gasteiger partial charge in [-0.15, -0.1) is 0 Å². The Kier molecular flexibility index (Phi) is 3.90. The number of alkyl halides is 3. The van der Waals surface area contributed by atoms with Crippen molar-refractivity contribution in [2.75, 3.05) is 13.1 Å². The molecule has 128 valence electrons. The van der Waals surface area contributed by atoms with E-state index in [0.29, 0.717) is 23.9 Å². The van der Waals surface area contributed by atoms with Crippen molar-refractivity contribution in [1.29, 1.82) is 0 Å². The van der Waals surface area contributed by atoms with E-state index >= 15 is 0 Å². The van der Waals surface area contributed by atoms with Gasteiger partial charge in [0.15, 0.2) is 0 Å². The average molecular weight is 342 g/mol. The molecule has 3 rings (SSSR count). The van der Waals surface area contributed by atoms with Crippen LogP contribution in [0.15, 0.2) is 24.5 Å². The number of aromatic nitrogens is 2. The second kappa shape index (κ2) is 5.77. The fourth-order valence-corrected chi connectivity index (χ4v) is 2.95. The highest BCUT2D eigenvalue weighted by atomic mass is 19.4. The van der Waals surface area contributed by atoms with Crippen molar-refractivity contribution in [3.8, 4) is 0 Å². The van der Waals surface area contributed by atoms with Gasteiger partial charge in [-0.3, -0.25) is 14.9 Å². The Morgan fingerprint density at radius 2 is 1.96 bits per heavy atom. The minimum absolute atomic E-state index is 0.0163. The van der Waals surface area contributed by atoms with Crippen molar-refractivity contribution in [2.24, 2.45) is 0 Å². The molecule has 7 nitrogen and oxygen atoms in total. The molecule has 0 aliphatic carbocycles. The van der Waals surface area contributed by atoms with Gasteiger partial charge in [0.1, 0.15) is 0 Å². The topological polar surface area (TPSA) is 81.3 Å². The average Bonchev–Trinajstić information content (AvgIpc) is 2.96. The third-order valence-corrected chi connectivity index (χ3v) is 4.16. The van der Waals surface area contributed by atoms with Gasteiger partial charge in [0.2, 0.25) is 0 Å². The van der Waals surface area contributed by atoms with Crippen LogP contribution in [0.3, 0.4) is 0 Å². The van der Waals surface area contributed by atoms with Crippen LogP contribution in [0.5, 0.6) is 0 Å². The molecule has 0 saturated carbocycles. The lowest BCUT2D eigenvalue weighted by atomic mass is 10.0. The summed E-state index contributed by atoms with van der Waals surface area (Å²) < 4.78 is 39.1. The largest absolute Gasteiger partial charge is 0.471 e. The number of carbonyl (C=O) groups excluding carboxylic acids is 1. The van der Waals surface area contributed by atoms with Crippen LogP contribution in [0.2, 0.25) is 0 Å². The fraction of sp³-hybridized carbons (Fsp3) is 0.429. The fourth-order valence-electron chi connectivity index (χ4n) is 2.95. The predicted octanol–water partition coefficient (Wildman–Crippen LogP) is 2.67. The minimum atomic E-state index is -4.87. The Balaban J connectivity index is 1.79. The summed E-state index contributed by atoms with van der Waals surface area (Å²) in [5, 5.41) is 10.9. The molecule has 1 aliphatic rings. The number of fused-ring (bicyclic) bond motifs is 1. The molecule has 2 heterocycles. The summed E-state index contributed by atoms with van der Waals surface area (Å²) in [6.07, 6.45) is -2.68. The smallest absolute Gasteiger partial charge is 0.335 e. The molecule has 0 unspecified atom stereocenters. The maximum absolute atomic E-state index is 12.5. The molecule has 1 amide bonds. The first kappa shape index (κ1) is 16.2. The number of imidazole rings is 1. The summed E-state index contributed by atoms with van der Waals surface area (Å²) in [5.41, 5.74) is 1.06. The van der Waals surface area contributed by atoms with Crippen LogP contribution in [0.4, 0.5) is 18.9 Å². The molecule has 1 aromatic carbocycles. The number of rotatable bonds is 2. The Labute approximate surface area is 133 Å². The first-order valence-corrected chi connectivity index (χ1v) is 7.24. The summed E-state index contributed by atoms with van der Waals surface area (Å²) in [6, 6.07) is 4.13. The van der Waals surface area contributed by atoms with E-state index < -0.39 is 17.0 Å². The molecule has 0 N–H and O–H groups in total. The summed E-state index contributed by atoms with van der Waals surface area (Å²) in [6.45, 7) is -0.0325. The van der Waals surface area contributed by atoms with Crippen molar-refractivity contribution in [3.05, 3.63) is 34.6 Å². The Bertz CT molecular complexity index is 794. The normalized spacial score (nSPS) is 16.5. The maximum Gasteiger partial charge on any atom is 0.471 e. The Hall–Kier alpha value is -2.65. The molecule has 10 heteroatoms. The van der Waals surface area contributed by atoms with Crippen molar-refractivity contribution in [3.63, 3.8) is 0 Å². The number of carbonyl (C=O) groups is 1. The van der Waals surface area contributed by atoms with Crippen molar-refractivity contribution >= 4 is 22.6 Å². The van der Waals surface area contributed by atoms with E-state index in [1.54, 1.807) is 4.57 Å². The first-order chi connectivity index (χ1) is 11.3. The van der Waals surface area contributed by atoms with Crippen molar-refractivity contribution < 1.29 is 22.9 Å². The summed E-state index contributed by atoms with van der Waals surface area (Å²) in [4.78, 5) is 26.6. The number of likely N-dealkylation sites (tertiary alicyclic amines) is 1. The van der Waals surface area contributed by atoms with Crippen LogP contribution in [0.25, 0.3) is 11.0 Å². The van der Waals surface area contributed by atoms with Crippen molar-refractivity contribution in [2.45, 2.75) is 25.1 Å². The molecular weight excluding hydrogens is 329 g/mol. The lowest BCUT2D eigenvalue weighted by molar-refractivity contribution is -0.384. The molecule has 1 saturated heterocycles. The predicted molar refractivity (Wildman–Crippen MR) is 77.3 cm³/mol. The van der Waals surface area contributed by atoms with Gasteiger partial charge in [0.05, 0.1) is 22.3 Å². The van der Waals surface area contributed by atoms with Crippen molar-refractivity contribution in [1.82, 2.24) is 14.5 Å². The molecule has 0 radical (unpaired) electrons. The molecule has 24 heavy (non-hydrogen) atoms. The molecule has 2 aromatic rings. The standard InChI is InChI=1S/C14H13F3N4O3/c15-14(16,17)13(22)19-5-3-9(4-6-19)20-8-18-11-2-1-10(21(23)24)7-12(11)20/h1-2,7-9H,3-6H2. The van der Waals surface area contributed by atoms with Gasteiger partial charge < -0.3 is 9.47 Å². The highest BCUT2D eigenvalue weighted by Gasteiger charge is 2.43. The van der Waals surface area contributed by atoms with E-state index in [1.165, 1.54) is 24.5 Å². The minimum Gasteiger partial charge on any atom is -0.335 e. The van der Waals surface area contributed by atoms with Gasteiger partial charge in [-0.05, 0) is 18.9 Å². The number of hydrogen-bond donors (Lipinski definition) is 0. The third kappa shape index (κ3) is 2.91. The van der Waals surface area contributed by atoms with Crippen LogP contribution in [0, 0.1) is 10.1 Å². The van der Waals surface area contributed by atoms with E-state index in [9.17, 15) is 28.1 Å². The molecule has 1 aliphatic heterocycles. The number of piperidine rings is 1. The lowest BCUT2D eigenvalue weighted by Crippen LogP contribution is -2.45. The number of halogens is 3. The van der Waals surface area contributed by atoms with E-state index in [0.717, 1.165) is 4.90 Å². The molecule has 0 bridgehead atoms. The highest BCUT2D eigenvalue weighted by Crippen LogP contribution is 2.30. The van der Waals surface area contributed by atoms with Crippen LogP contribution in [-0.4, -0.2) is 44.5 Å². The summed E-state index contributed by atoms with van der Waals surface area (Å²) >= 11 is 0. The van der Waals surface area contributed by atoms with Gasteiger partial charge in [0, 0.05) is 31.3 Å². The number of non-ortho nitro benzene ring substituents is 1.